The molecule has 2 unspecified atom stereocenters. The molecule has 1 aromatic heterocycles. The van der Waals surface area contributed by atoms with Crippen molar-refractivity contribution >= 4 is 28.7 Å². The second kappa shape index (κ2) is 13.2. The van der Waals surface area contributed by atoms with Gasteiger partial charge in [-0.1, -0.05) is 47.1 Å². The minimum absolute atomic E-state index is 0.0608. The highest BCUT2D eigenvalue weighted by molar-refractivity contribution is 6.74. The summed E-state index contributed by atoms with van der Waals surface area (Å²) in [7, 11) is -3.98. The topological polar surface area (TPSA) is 98.4 Å². The van der Waals surface area contributed by atoms with E-state index in [1.807, 2.05) is 19.1 Å². The Bertz CT molecular complexity index is 905. The van der Waals surface area contributed by atoms with Gasteiger partial charge in [-0.25, -0.2) is 0 Å². The standard InChI is InChI=1S/C28H52O7Si2/c1-20(14-25(34-21(2)30)19-33-37(11,12)28(6,7)8)13-24-15-22(26(35-24)16-23(31)17-29)18-32-36(9,10)27(3,4)5/h13,15,23,25,29,31H,14,16-19H2,1-12H3/b20-13+. The lowest BCUT2D eigenvalue weighted by atomic mass is 10.1. The summed E-state index contributed by atoms with van der Waals surface area (Å²) in [6.45, 7) is 25.6. The van der Waals surface area contributed by atoms with Crippen LogP contribution in [0.25, 0.3) is 6.08 Å². The highest BCUT2D eigenvalue weighted by Gasteiger charge is 2.38. The normalized spacial score (nSPS) is 15.6. The van der Waals surface area contributed by atoms with Crippen LogP contribution in [0, 0.1) is 0 Å². The van der Waals surface area contributed by atoms with Gasteiger partial charge in [-0.05, 0) is 55.3 Å². The number of ether oxygens (including phenoxy) is 1. The van der Waals surface area contributed by atoms with Crippen LogP contribution in [-0.2, 0) is 31.4 Å². The summed E-state index contributed by atoms with van der Waals surface area (Å²) in [5, 5.41) is 19.5. The quantitative estimate of drug-likeness (QED) is 0.213. The lowest BCUT2D eigenvalue weighted by Crippen LogP contribution is -2.43. The molecule has 9 heteroatoms. The molecule has 2 atom stereocenters. The predicted octanol–water partition coefficient (Wildman–Crippen LogP) is 6.44. The van der Waals surface area contributed by atoms with Crippen LogP contribution in [0.15, 0.2) is 16.1 Å². The van der Waals surface area contributed by atoms with Crippen molar-refractivity contribution < 1.29 is 33.0 Å². The van der Waals surface area contributed by atoms with E-state index in [1.54, 1.807) is 0 Å². The molecule has 1 rings (SSSR count). The molecule has 0 aromatic carbocycles. The number of rotatable bonds is 13. The van der Waals surface area contributed by atoms with Crippen molar-refractivity contribution in [2.45, 2.75) is 123 Å². The first kappa shape index (κ1) is 33.8. The van der Waals surface area contributed by atoms with Crippen LogP contribution < -0.4 is 0 Å². The number of aliphatic hydroxyl groups is 2. The zero-order chi connectivity index (χ0) is 28.8. The van der Waals surface area contributed by atoms with Gasteiger partial charge in [0.15, 0.2) is 16.6 Å². The SMILES string of the molecule is CC(=O)OC(CO[Si](C)(C)C(C)(C)C)C/C(C)=C/c1cc(CO[Si](C)(C)C(C)(C)C)c(CC(O)CO)o1. The zero-order valence-corrected chi connectivity index (χ0v) is 27.3. The third-order valence-corrected chi connectivity index (χ3v) is 16.6. The molecule has 0 saturated heterocycles. The van der Waals surface area contributed by atoms with Crippen molar-refractivity contribution in [3.63, 3.8) is 0 Å². The molecule has 214 valence electrons. The number of hydrogen-bond acceptors (Lipinski definition) is 7. The average molecular weight is 557 g/mol. The first-order chi connectivity index (χ1) is 16.7. The van der Waals surface area contributed by atoms with E-state index < -0.39 is 28.8 Å². The number of hydrogen-bond donors (Lipinski definition) is 2. The van der Waals surface area contributed by atoms with E-state index in [0.29, 0.717) is 31.2 Å². The van der Waals surface area contributed by atoms with E-state index >= 15 is 0 Å². The lowest BCUT2D eigenvalue weighted by molar-refractivity contribution is -0.147. The molecule has 7 nitrogen and oxygen atoms in total. The summed E-state index contributed by atoms with van der Waals surface area (Å²) in [6.07, 6.45) is 1.34. The minimum Gasteiger partial charge on any atom is -0.461 e. The fourth-order valence-electron chi connectivity index (χ4n) is 3.16. The highest BCUT2D eigenvalue weighted by atomic mass is 28.4. The Balaban J connectivity index is 3.12. The molecular formula is C28H52O7Si2. The maximum atomic E-state index is 11.8. The molecule has 0 fully saturated rings. The summed E-state index contributed by atoms with van der Waals surface area (Å²) >= 11 is 0. The van der Waals surface area contributed by atoms with Gasteiger partial charge in [0.05, 0.1) is 25.9 Å². The van der Waals surface area contributed by atoms with E-state index in [-0.39, 0.29) is 29.1 Å². The van der Waals surface area contributed by atoms with Crippen molar-refractivity contribution in [1.29, 1.82) is 0 Å². The molecule has 37 heavy (non-hydrogen) atoms. The maximum Gasteiger partial charge on any atom is 0.302 e. The van der Waals surface area contributed by atoms with Crippen molar-refractivity contribution in [2.24, 2.45) is 0 Å². The monoisotopic (exact) mass is 556 g/mol. The Morgan fingerprint density at radius 1 is 1.03 bits per heavy atom. The molecule has 0 radical (unpaired) electrons. The van der Waals surface area contributed by atoms with Crippen LogP contribution in [-0.4, -0.2) is 58.2 Å². The molecular weight excluding hydrogens is 504 g/mol. The third kappa shape index (κ3) is 10.8. The smallest absolute Gasteiger partial charge is 0.302 e. The number of esters is 1. The van der Waals surface area contributed by atoms with Gasteiger partial charge in [0.25, 0.3) is 0 Å². The maximum absolute atomic E-state index is 11.8. The van der Waals surface area contributed by atoms with Gasteiger partial charge in [0.1, 0.15) is 17.6 Å². The fourth-order valence-corrected chi connectivity index (χ4v) is 5.14. The van der Waals surface area contributed by atoms with E-state index in [9.17, 15) is 15.0 Å². The van der Waals surface area contributed by atoms with E-state index in [4.69, 9.17) is 18.0 Å². The summed E-state index contributed by atoms with van der Waals surface area (Å²) in [5.41, 5.74) is 1.85. The van der Waals surface area contributed by atoms with Gasteiger partial charge in [0, 0.05) is 25.3 Å². The molecule has 2 N–H and O–H groups in total. The second-order valence-corrected chi connectivity index (χ2v) is 22.8. The number of carbonyl (C=O) groups excluding carboxylic acids is 1. The van der Waals surface area contributed by atoms with E-state index in [1.165, 1.54) is 6.92 Å². The summed E-state index contributed by atoms with van der Waals surface area (Å²) in [5.74, 6) is 0.912. The Morgan fingerprint density at radius 2 is 1.57 bits per heavy atom. The van der Waals surface area contributed by atoms with Crippen LogP contribution in [0.3, 0.4) is 0 Å². The van der Waals surface area contributed by atoms with Gasteiger partial charge in [0.2, 0.25) is 0 Å². The molecule has 1 heterocycles. The average Bonchev–Trinajstić information content (AvgIpc) is 3.09. The largest absolute Gasteiger partial charge is 0.461 e. The molecule has 0 saturated carbocycles. The van der Waals surface area contributed by atoms with Crippen molar-refractivity contribution in [3.8, 4) is 0 Å². The molecule has 0 spiro atoms. The third-order valence-electron chi connectivity index (χ3n) is 7.65. The van der Waals surface area contributed by atoms with Crippen LogP contribution in [0.1, 0.15) is 78.9 Å². The Labute approximate surface area is 226 Å². The Kier molecular flexibility index (Phi) is 12.1. The molecule has 0 aliphatic heterocycles. The van der Waals surface area contributed by atoms with Crippen molar-refractivity contribution in [2.75, 3.05) is 13.2 Å². The second-order valence-electron chi connectivity index (χ2n) is 13.2. The Hall–Kier alpha value is -1.24. The predicted molar refractivity (Wildman–Crippen MR) is 154 cm³/mol. The Morgan fingerprint density at radius 3 is 2.05 bits per heavy atom. The fraction of sp³-hybridized carbons (Fsp3) is 0.750. The molecule has 1 aromatic rings. The summed E-state index contributed by atoms with van der Waals surface area (Å²) in [6, 6.07) is 1.93. The lowest BCUT2D eigenvalue weighted by Gasteiger charge is -2.37. The minimum atomic E-state index is -1.99. The number of furan rings is 1. The van der Waals surface area contributed by atoms with Crippen LogP contribution in [0.2, 0.25) is 36.3 Å². The first-order valence-corrected chi connectivity index (χ1v) is 19.0. The molecule has 0 aliphatic carbocycles. The highest BCUT2D eigenvalue weighted by Crippen LogP contribution is 2.38. The van der Waals surface area contributed by atoms with Crippen LogP contribution in [0.4, 0.5) is 0 Å². The van der Waals surface area contributed by atoms with Crippen LogP contribution in [0.5, 0.6) is 0 Å². The zero-order valence-electron chi connectivity index (χ0n) is 25.3. The van der Waals surface area contributed by atoms with Gasteiger partial charge >= 0.3 is 5.97 Å². The number of carbonyl (C=O) groups is 1. The van der Waals surface area contributed by atoms with Crippen molar-refractivity contribution in [3.05, 3.63) is 28.7 Å². The van der Waals surface area contributed by atoms with E-state index in [2.05, 4.69) is 67.7 Å². The molecule has 0 aliphatic rings. The van der Waals surface area contributed by atoms with Gasteiger partial charge in [-0.15, -0.1) is 0 Å². The summed E-state index contributed by atoms with van der Waals surface area (Å²) in [4.78, 5) is 11.8. The van der Waals surface area contributed by atoms with E-state index in [0.717, 1.165) is 11.1 Å². The number of aliphatic hydroxyl groups excluding tert-OH is 2. The summed E-state index contributed by atoms with van der Waals surface area (Å²) < 4.78 is 24.4. The molecule has 0 bridgehead atoms. The molecule has 0 amide bonds. The van der Waals surface area contributed by atoms with Crippen LogP contribution >= 0.6 is 0 Å². The van der Waals surface area contributed by atoms with Gasteiger partial charge in [-0.3, -0.25) is 4.79 Å². The van der Waals surface area contributed by atoms with Gasteiger partial charge < -0.3 is 28.2 Å². The first-order valence-electron chi connectivity index (χ1n) is 13.2. The van der Waals surface area contributed by atoms with Crippen molar-refractivity contribution in [1.82, 2.24) is 0 Å². The van der Waals surface area contributed by atoms with Gasteiger partial charge in [-0.2, -0.15) is 0 Å².